The van der Waals surface area contributed by atoms with Crippen molar-refractivity contribution in [3.8, 4) is 11.5 Å². The molecule has 2 aromatic rings. The topological polar surface area (TPSA) is 122 Å². The average molecular weight is 354 g/mol. The van der Waals surface area contributed by atoms with Crippen molar-refractivity contribution in [3.63, 3.8) is 0 Å². The van der Waals surface area contributed by atoms with Gasteiger partial charge >= 0.3 is 5.69 Å². The molecular weight excluding hydrogens is 346 g/mol. The molecule has 2 rings (SSSR count). The van der Waals surface area contributed by atoms with Gasteiger partial charge in [-0.3, -0.25) is 20.2 Å². The minimum absolute atomic E-state index is 0.0537. The first-order valence-corrected chi connectivity index (χ1v) is 6.33. The van der Waals surface area contributed by atoms with Crippen molar-refractivity contribution in [1.29, 1.82) is 0 Å². The number of hydrogen-bond acceptors (Lipinski definition) is 6. The summed E-state index contributed by atoms with van der Waals surface area (Å²) >= 11 is 3.11. The van der Waals surface area contributed by atoms with Gasteiger partial charge in [0.2, 0.25) is 5.75 Å². The number of anilines is 1. The number of nitrogen functional groups attached to an aromatic ring is 1. The van der Waals surface area contributed by atoms with Gasteiger partial charge in [-0.25, -0.2) is 0 Å². The Morgan fingerprint density at radius 2 is 1.81 bits per heavy atom. The summed E-state index contributed by atoms with van der Waals surface area (Å²) in [6, 6.07) is 8.14. The maximum atomic E-state index is 11.0. The molecule has 0 spiro atoms. The van der Waals surface area contributed by atoms with E-state index in [1.54, 1.807) is 0 Å². The molecule has 0 amide bonds. The van der Waals surface area contributed by atoms with E-state index >= 15 is 0 Å². The van der Waals surface area contributed by atoms with Crippen LogP contribution in [0.4, 0.5) is 17.1 Å². The van der Waals surface area contributed by atoms with E-state index in [-0.39, 0.29) is 28.6 Å². The van der Waals surface area contributed by atoms with Crippen LogP contribution in [0.25, 0.3) is 0 Å². The third-order valence-corrected chi connectivity index (χ3v) is 2.97. The molecule has 0 bridgehead atoms. The van der Waals surface area contributed by atoms with Crippen LogP contribution in [0.1, 0.15) is 0 Å². The predicted molar refractivity (Wildman–Crippen MR) is 78.4 cm³/mol. The lowest BCUT2D eigenvalue weighted by Crippen LogP contribution is -1.98. The van der Waals surface area contributed by atoms with Crippen molar-refractivity contribution in [2.24, 2.45) is 0 Å². The summed E-state index contributed by atoms with van der Waals surface area (Å²) in [5.74, 6) is -0.00262. The number of non-ortho nitro benzene ring substituents is 1. The number of halogens is 1. The fourth-order valence-corrected chi connectivity index (χ4v) is 2.12. The Balaban J connectivity index is 2.46. The number of nitrogens with zero attached hydrogens (tertiary/aromatic N) is 2. The fourth-order valence-electron chi connectivity index (χ4n) is 1.66. The van der Waals surface area contributed by atoms with Crippen molar-refractivity contribution in [2.45, 2.75) is 0 Å². The van der Waals surface area contributed by atoms with Crippen LogP contribution >= 0.6 is 15.9 Å². The van der Waals surface area contributed by atoms with Gasteiger partial charge < -0.3 is 10.5 Å². The van der Waals surface area contributed by atoms with Crippen LogP contribution in [-0.2, 0) is 0 Å². The van der Waals surface area contributed by atoms with E-state index in [9.17, 15) is 20.2 Å². The number of nitro benzene ring substituents is 2. The predicted octanol–water partition coefficient (Wildman–Crippen LogP) is 3.64. The molecule has 108 valence electrons. The van der Waals surface area contributed by atoms with Crippen molar-refractivity contribution < 1.29 is 14.6 Å². The lowest BCUT2D eigenvalue weighted by Gasteiger charge is -2.08. The maximum absolute atomic E-state index is 11.0. The minimum Gasteiger partial charge on any atom is -0.450 e. The molecule has 21 heavy (non-hydrogen) atoms. The summed E-state index contributed by atoms with van der Waals surface area (Å²) in [6.45, 7) is 0. The van der Waals surface area contributed by atoms with Crippen LogP contribution in [-0.4, -0.2) is 9.85 Å². The molecule has 2 aromatic carbocycles. The molecule has 0 aliphatic heterocycles. The molecule has 0 aromatic heterocycles. The first kappa shape index (κ1) is 14.7. The highest BCUT2D eigenvalue weighted by atomic mass is 79.9. The normalized spacial score (nSPS) is 10.1. The lowest BCUT2D eigenvalue weighted by molar-refractivity contribution is -0.385. The van der Waals surface area contributed by atoms with Gasteiger partial charge in [-0.2, -0.15) is 0 Å². The smallest absolute Gasteiger partial charge is 0.334 e. The number of para-hydroxylation sites is 1. The molecule has 0 heterocycles. The number of ether oxygens (including phenoxy) is 1. The van der Waals surface area contributed by atoms with Crippen LogP contribution in [0.2, 0.25) is 0 Å². The largest absolute Gasteiger partial charge is 0.450 e. The van der Waals surface area contributed by atoms with Crippen LogP contribution in [0.5, 0.6) is 11.5 Å². The molecule has 0 atom stereocenters. The first-order chi connectivity index (χ1) is 9.88. The van der Waals surface area contributed by atoms with Crippen LogP contribution in [0.3, 0.4) is 0 Å². The van der Waals surface area contributed by atoms with Crippen molar-refractivity contribution in [3.05, 3.63) is 61.1 Å². The standard InChI is InChI=1S/C12H8BrN3O5/c13-7-4-8(15(17)18)6-9(5-7)21-11-3-1-2-10(14)12(11)16(19)20/h1-6H,14H2. The monoisotopic (exact) mass is 353 g/mol. The summed E-state index contributed by atoms with van der Waals surface area (Å²) in [6.07, 6.45) is 0. The third kappa shape index (κ3) is 3.26. The zero-order valence-corrected chi connectivity index (χ0v) is 11.9. The molecule has 0 fully saturated rings. The summed E-state index contributed by atoms with van der Waals surface area (Å²) in [4.78, 5) is 20.5. The molecule has 0 aliphatic rings. The highest BCUT2D eigenvalue weighted by Crippen LogP contribution is 2.37. The van der Waals surface area contributed by atoms with E-state index in [4.69, 9.17) is 10.5 Å². The summed E-state index contributed by atoms with van der Waals surface area (Å²) in [5, 5.41) is 21.8. The Hall–Kier alpha value is -2.68. The first-order valence-electron chi connectivity index (χ1n) is 5.54. The van der Waals surface area contributed by atoms with Crippen LogP contribution < -0.4 is 10.5 Å². The van der Waals surface area contributed by atoms with E-state index in [1.165, 1.54) is 30.3 Å². The number of nitrogens with two attached hydrogens (primary N) is 1. The molecule has 8 nitrogen and oxygen atoms in total. The summed E-state index contributed by atoms with van der Waals surface area (Å²) in [7, 11) is 0. The number of benzene rings is 2. The Bertz CT molecular complexity index is 735. The second-order valence-corrected chi connectivity index (χ2v) is 4.87. The maximum Gasteiger partial charge on any atom is 0.334 e. The number of nitro groups is 2. The molecular formula is C12H8BrN3O5. The van der Waals surface area contributed by atoms with E-state index in [0.717, 1.165) is 6.07 Å². The van der Waals surface area contributed by atoms with E-state index in [2.05, 4.69) is 15.9 Å². The van der Waals surface area contributed by atoms with E-state index in [0.29, 0.717) is 4.47 Å². The zero-order chi connectivity index (χ0) is 15.6. The van der Waals surface area contributed by atoms with Gasteiger partial charge in [0.05, 0.1) is 15.9 Å². The highest BCUT2D eigenvalue weighted by Gasteiger charge is 2.20. The van der Waals surface area contributed by atoms with Gasteiger partial charge in [0, 0.05) is 10.5 Å². The Labute approximate surface area is 126 Å². The molecule has 0 aliphatic carbocycles. The van der Waals surface area contributed by atoms with Crippen molar-refractivity contribution in [2.75, 3.05) is 5.73 Å². The van der Waals surface area contributed by atoms with Gasteiger partial charge in [0.25, 0.3) is 5.69 Å². The van der Waals surface area contributed by atoms with Crippen molar-refractivity contribution >= 4 is 33.0 Å². The highest BCUT2D eigenvalue weighted by molar-refractivity contribution is 9.10. The van der Waals surface area contributed by atoms with Crippen LogP contribution in [0.15, 0.2) is 40.9 Å². The third-order valence-electron chi connectivity index (χ3n) is 2.51. The Morgan fingerprint density at radius 3 is 2.43 bits per heavy atom. The van der Waals surface area contributed by atoms with E-state index in [1.807, 2.05) is 0 Å². The fraction of sp³-hybridized carbons (Fsp3) is 0. The Kier molecular flexibility index (Phi) is 4.03. The van der Waals surface area contributed by atoms with Gasteiger partial charge in [0.15, 0.2) is 0 Å². The molecule has 0 radical (unpaired) electrons. The molecule has 9 heteroatoms. The summed E-state index contributed by atoms with van der Waals surface area (Å²) < 4.78 is 5.78. The summed E-state index contributed by atoms with van der Waals surface area (Å²) in [5.41, 5.74) is 4.90. The SMILES string of the molecule is Nc1cccc(Oc2cc(Br)cc([N+](=O)[O-])c2)c1[N+](=O)[O-]. The lowest BCUT2D eigenvalue weighted by atomic mass is 10.2. The zero-order valence-electron chi connectivity index (χ0n) is 10.4. The van der Waals surface area contributed by atoms with Gasteiger partial charge in [-0.1, -0.05) is 22.0 Å². The second-order valence-electron chi connectivity index (χ2n) is 3.96. The quantitative estimate of drug-likeness (QED) is 0.508. The Morgan fingerprint density at radius 1 is 1.10 bits per heavy atom. The van der Waals surface area contributed by atoms with Crippen LogP contribution in [0, 0.1) is 20.2 Å². The number of hydrogen-bond donors (Lipinski definition) is 1. The minimum atomic E-state index is -0.670. The molecule has 0 saturated heterocycles. The molecule has 2 N–H and O–H groups in total. The van der Waals surface area contributed by atoms with Gasteiger partial charge in [-0.15, -0.1) is 0 Å². The van der Waals surface area contributed by atoms with E-state index < -0.39 is 9.85 Å². The average Bonchev–Trinajstić information content (AvgIpc) is 2.37. The second kappa shape index (κ2) is 5.75. The molecule has 0 saturated carbocycles. The van der Waals surface area contributed by atoms with Gasteiger partial charge in [0.1, 0.15) is 11.4 Å². The van der Waals surface area contributed by atoms with Crippen molar-refractivity contribution in [1.82, 2.24) is 0 Å². The molecule has 0 unspecified atom stereocenters. The van der Waals surface area contributed by atoms with Gasteiger partial charge in [-0.05, 0) is 18.2 Å². The number of rotatable bonds is 4.